The van der Waals surface area contributed by atoms with Crippen molar-refractivity contribution in [2.24, 2.45) is 0 Å². The van der Waals surface area contributed by atoms with Crippen LogP contribution in [0.25, 0.3) is 43.6 Å². The molecular formula is C24H9F3N8O2S. The van der Waals surface area contributed by atoms with Crippen LogP contribution in [-0.4, -0.2) is 33.9 Å². The average molecular weight is 530 g/mol. The molecule has 0 unspecified atom stereocenters. The molecule has 0 saturated heterocycles. The van der Waals surface area contributed by atoms with Crippen molar-refractivity contribution < 1.29 is 21.6 Å². The maximum atomic E-state index is 13.3. The lowest BCUT2D eigenvalue weighted by Crippen LogP contribution is -2.26. The van der Waals surface area contributed by atoms with E-state index in [0.29, 0.717) is 23.1 Å². The van der Waals surface area contributed by atoms with E-state index in [0.717, 1.165) is 0 Å². The average Bonchev–Trinajstić information content (AvgIpc) is 3.43. The Hall–Kier alpha value is -5.18. The minimum absolute atomic E-state index is 0.0354. The summed E-state index contributed by atoms with van der Waals surface area (Å²) in [5.74, 6) is 0. The monoisotopic (exact) mass is 530 g/mol. The summed E-state index contributed by atoms with van der Waals surface area (Å²) in [6.07, 6.45) is 1.96. The Balaban J connectivity index is 2.07. The van der Waals surface area contributed by atoms with Crippen LogP contribution in [0, 0.1) is 42.7 Å². The van der Waals surface area contributed by atoms with Gasteiger partial charge < -0.3 is 0 Å². The van der Waals surface area contributed by atoms with Crippen LogP contribution in [0.2, 0.25) is 0 Å². The van der Waals surface area contributed by atoms with E-state index >= 15 is 0 Å². The number of fused-ring (bicyclic) bond motifs is 6. The van der Waals surface area contributed by atoms with Crippen molar-refractivity contribution in [1.82, 2.24) is 19.9 Å². The van der Waals surface area contributed by atoms with Crippen molar-refractivity contribution in [2.75, 3.05) is 0 Å². The molecule has 5 rings (SSSR count). The highest BCUT2D eigenvalue weighted by Gasteiger charge is 2.49. The molecule has 0 bridgehead atoms. The van der Waals surface area contributed by atoms with Gasteiger partial charge in [0, 0.05) is 40.6 Å². The molecule has 2 aliphatic carbocycles. The van der Waals surface area contributed by atoms with Gasteiger partial charge in [-0.3, -0.25) is 9.97 Å². The van der Waals surface area contributed by atoms with Crippen molar-refractivity contribution in [3.8, 4) is 34.7 Å². The van der Waals surface area contributed by atoms with E-state index in [1.807, 2.05) is 6.07 Å². The molecule has 0 saturated carbocycles. The molecule has 3 aromatic rings. The van der Waals surface area contributed by atoms with Crippen LogP contribution in [0.3, 0.4) is 0 Å². The summed E-state index contributed by atoms with van der Waals surface area (Å²) in [6, 6.07) is 3.61. The van der Waals surface area contributed by atoms with E-state index in [9.17, 15) is 32.1 Å². The SMILES string of the molecule is [C-]#[N+]/C(C#N)=c1\c2c(/c(=C(/C#N)[N+]#[C-])c3c1Cc1ncc(S(=O)(=O)C(F)(F)F)nc1-3)-c1nc(C)cnc1C2. The van der Waals surface area contributed by atoms with Gasteiger partial charge in [0.25, 0.3) is 21.2 Å². The van der Waals surface area contributed by atoms with E-state index in [1.165, 1.54) is 6.20 Å². The minimum Gasteiger partial charge on any atom is -0.257 e. The number of halogens is 3. The Morgan fingerprint density at radius 3 is 1.92 bits per heavy atom. The van der Waals surface area contributed by atoms with Crippen molar-refractivity contribution >= 4 is 21.2 Å². The normalized spacial score (nSPS) is 14.5. The predicted octanol–water partition coefficient (Wildman–Crippen LogP) is 2.11. The summed E-state index contributed by atoms with van der Waals surface area (Å²) in [5.41, 5.74) is -4.67. The lowest BCUT2D eigenvalue weighted by Gasteiger charge is -2.13. The summed E-state index contributed by atoms with van der Waals surface area (Å²) in [7, 11) is -5.88. The van der Waals surface area contributed by atoms with Gasteiger partial charge in [-0.25, -0.2) is 38.6 Å². The van der Waals surface area contributed by atoms with Crippen molar-refractivity contribution in [3.63, 3.8) is 0 Å². The molecule has 2 aromatic heterocycles. The largest absolute Gasteiger partial charge is 0.503 e. The Bertz CT molecular complexity index is 2010. The van der Waals surface area contributed by atoms with Gasteiger partial charge in [-0.05, 0) is 18.1 Å². The molecule has 184 valence electrons. The molecule has 1 aromatic carbocycles. The molecule has 0 amide bonds. The number of hydrogen-bond acceptors (Lipinski definition) is 8. The molecule has 14 heteroatoms. The van der Waals surface area contributed by atoms with Crippen LogP contribution in [0.5, 0.6) is 0 Å². The molecule has 0 spiro atoms. The maximum absolute atomic E-state index is 13.3. The Labute approximate surface area is 212 Å². The van der Waals surface area contributed by atoms with Crippen LogP contribution in [0.4, 0.5) is 13.2 Å². The fourth-order valence-electron chi connectivity index (χ4n) is 4.67. The maximum Gasteiger partial charge on any atom is 0.503 e. The molecule has 38 heavy (non-hydrogen) atoms. The number of aromatic nitrogens is 4. The van der Waals surface area contributed by atoms with Crippen LogP contribution < -0.4 is 10.4 Å². The van der Waals surface area contributed by atoms with Gasteiger partial charge in [0.2, 0.25) is 0 Å². The highest BCUT2D eigenvalue weighted by atomic mass is 32.2. The van der Waals surface area contributed by atoms with Crippen LogP contribution in [-0.2, 0) is 22.7 Å². The third-order valence-electron chi connectivity index (χ3n) is 6.15. The number of hydrogen-bond donors (Lipinski definition) is 0. The second-order valence-electron chi connectivity index (χ2n) is 8.21. The van der Waals surface area contributed by atoms with Crippen molar-refractivity contribution in [3.05, 3.63) is 73.9 Å². The highest BCUT2D eigenvalue weighted by Crippen LogP contribution is 2.39. The van der Waals surface area contributed by atoms with E-state index in [4.69, 9.17) is 13.1 Å². The number of benzene rings is 1. The molecule has 2 aliphatic rings. The molecular weight excluding hydrogens is 521 g/mol. The zero-order valence-electron chi connectivity index (χ0n) is 19.0. The quantitative estimate of drug-likeness (QED) is 0.300. The minimum atomic E-state index is -5.88. The first kappa shape index (κ1) is 24.5. The first-order chi connectivity index (χ1) is 18.0. The van der Waals surface area contributed by atoms with Crippen molar-refractivity contribution in [2.45, 2.75) is 30.3 Å². The smallest absolute Gasteiger partial charge is 0.257 e. The van der Waals surface area contributed by atoms with Crippen LogP contribution in [0.15, 0.2) is 17.4 Å². The summed E-state index contributed by atoms with van der Waals surface area (Å²) in [5, 5.41) is 18.3. The van der Waals surface area contributed by atoms with E-state index in [2.05, 4.69) is 29.6 Å². The van der Waals surface area contributed by atoms with Gasteiger partial charge in [-0.2, -0.15) is 13.2 Å². The number of nitriles is 2. The Morgan fingerprint density at radius 1 is 0.921 bits per heavy atom. The number of rotatable bonds is 1. The standard InChI is InChI=1S/C24H9F3N8O2S/c1-10-8-32-13-4-11-18(15(6-28)30-2)12-5-14-23(35-17(9-33-14)38(36,37)24(25,26)27)20(12)21(16(7-29)31-3)19(11)22(13)34-10/h8-9H,4-5H2,1H3/b18-15+,21-16+. The van der Waals surface area contributed by atoms with E-state index in [-0.39, 0.29) is 62.7 Å². The summed E-state index contributed by atoms with van der Waals surface area (Å²) >= 11 is 0. The van der Waals surface area contributed by atoms with Gasteiger partial charge in [0.15, 0.2) is 5.03 Å². The Morgan fingerprint density at radius 2 is 1.42 bits per heavy atom. The lowest BCUT2D eigenvalue weighted by atomic mass is 9.92. The summed E-state index contributed by atoms with van der Waals surface area (Å²) in [4.78, 5) is 23.2. The Kier molecular flexibility index (Phi) is 5.27. The first-order valence-corrected chi connectivity index (χ1v) is 12.0. The molecule has 0 fully saturated rings. The van der Waals surface area contributed by atoms with E-state index in [1.54, 1.807) is 13.0 Å². The number of nitrogens with zero attached hydrogens (tertiary/aromatic N) is 8. The van der Waals surface area contributed by atoms with Gasteiger partial charge in [-0.1, -0.05) is 0 Å². The molecule has 0 atom stereocenters. The second kappa shape index (κ2) is 8.17. The lowest BCUT2D eigenvalue weighted by molar-refractivity contribution is -0.0438. The third-order valence-corrected chi connectivity index (χ3v) is 7.51. The van der Waals surface area contributed by atoms with Gasteiger partial charge in [0.05, 0.1) is 59.9 Å². The zero-order valence-corrected chi connectivity index (χ0v) is 19.8. The van der Waals surface area contributed by atoms with Crippen molar-refractivity contribution in [1.29, 1.82) is 10.5 Å². The van der Waals surface area contributed by atoms with Crippen LogP contribution in [0.1, 0.15) is 28.2 Å². The zero-order chi connectivity index (χ0) is 27.6. The molecule has 0 N–H and O–H groups in total. The second-order valence-corrected chi connectivity index (χ2v) is 10.1. The predicted molar refractivity (Wildman–Crippen MR) is 123 cm³/mol. The van der Waals surface area contributed by atoms with Crippen LogP contribution >= 0.6 is 0 Å². The highest BCUT2D eigenvalue weighted by molar-refractivity contribution is 7.92. The molecule has 0 aliphatic heterocycles. The number of aryl methyl sites for hydroxylation is 1. The molecule has 10 nitrogen and oxygen atoms in total. The molecule has 0 radical (unpaired) electrons. The number of alkyl halides is 3. The number of sulfone groups is 1. The van der Waals surface area contributed by atoms with E-state index < -0.39 is 26.1 Å². The topological polar surface area (TPSA) is 142 Å². The summed E-state index contributed by atoms with van der Waals surface area (Å²) in [6.45, 7) is 16.8. The fraction of sp³-hybridized carbons (Fsp3) is 0.167. The first-order valence-electron chi connectivity index (χ1n) is 10.5. The summed E-state index contributed by atoms with van der Waals surface area (Å²) < 4.78 is 64.1. The third kappa shape index (κ3) is 3.25. The fourth-order valence-corrected chi connectivity index (χ4v) is 5.31. The van der Waals surface area contributed by atoms with Gasteiger partial charge >= 0.3 is 5.51 Å². The van der Waals surface area contributed by atoms with Gasteiger partial charge in [-0.15, -0.1) is 0 Å². The van der Waals surface area contributed by atoms with Gasteiger partial charge in [0.1, 0.15) is 0 Å². The molecule has 2 heterocycles.